The molecule has 6 rings (SSSR count). The molecular weight excluding hydrogens is 631 g/mol. The van der Waals surface area contributed by atoms with Crippen molar-refractivity contribution in [2.45, 2.75) is 0 Å². The lowest BCUT2D eigenvalue weighted by Crippen LogP contribution is -2.17. The van der Waals surface area contributed by atoms with Crippen LogP contribution in [0.3, 0.4) is 0 Å². The van der Waals surface area contributed by atoms with Gasteiger partial charge in [-0.2, -0.15) is 0 Å². The topological polar surface area (TPSA) is 162 Å². The summed E-state index contributed by atoms with van der Waals surface area (Å²) < 4.78 is 0. The predicted octanol–water partition coefficient (Wildman–Crippen LogP) is 5.09. The van der Waals surface area contributed by atoms with Gasteiger partial charge in [-0.3, -0.25) is 0 Å². The molecule has 0 aliphatic heterocycles. The van der Waals surface area contributed by atoms with Crippen LogP contribution in [0, 0.1) is 0 Å². The third-order valence-electron chi connectivity index (χ3n) is 7.88. The minimum absolute atomic E-state index is 0.0372. The van der Waals surface area contributed by atoms with Crippen LogP contribution in [0.1, 0.15) is 11.1 Å². The second kappa shape index (κ2) is 11.0. The van der Waals surface area contributed by atoms with E-state index < -0.39 is 46.0 Å². The summed E-state index contributed by atoms with van der Waals surface area (Å²) >= 11 is 12.0. The predicted molar refractivity (Wildman–Crippen MR) is 180 cm³/mol. The van der Waals surface area contributed by atoms with Gasteiger partial charge >= 0.3 is 0 Å². The highest BCUT2D eigenvalue weighted by Gasteiger charge is 2.25. The van der Waals surface area contributed by atoms with Gasteiger partial charge in [0.15, 0.2) is 23.0 Å². The van der Waals surface area contributed by atoms with Crippen molar-refractivity contribution in [3.05, 3.63) is 103 Å². The lowest BCUT2D eigenvalue weighted by atomic mass is 9.90. The van der Waals surface area contributed by atoms with Gasteiger partial charge in [-0.15, -0.1) is 0 Å². The first-order chi connectivity index (χ1) is 21.8. The van der Waals surface area contributed by atoms with E-state index in [-0.39, 0.29) is 53.5 Å². The Labute approximate surface area is 270 Å². The van der Waals surface area contributed by atoms with Crippen LogP contribution in [0.15, 0.2) is 60.7 Å². The summed E-state index contributed by atoms with van der Waals surface area (Å²) in [6.07, 6.45) is 2.93. The Bertz CT molecular complexity index is 2320. The molecule has 46 heavy (non-hydrogen) atoms. The van der Waals surface area contributed by atoms with Crippen LogP contribution in [0.2, 0.25) is 10.0 Å². The monoisotopic (exact) mass is 654 g/mol. The molecule has 0 aromatic heterocycles. The van der Waals surface area contributed by atoms with E-state index in [0.29, 0.717) is 21.2 Å². The number of rotatable bonds is 3. The van der Waals surface area contributed by atoms with Crippen LogP contribution in [-0.2, 0) is 0 Å². The number of halogens is 2. The van der Waals surface area contributed by atoms with Crippen LogP contribution in [0.4, 0.5) is 0 Å². The summed E-state index contributed by atoms with van der Waals surface area (Å²) in [5, 5.41) is 89.0. The molecule has 0 atom stereocenters. The van der Waals surface area contributed by atoms with E-state index in [9.17, 15) is 40.9 Å². The minimum Gasteiger partial charge on any atom is -0.507 e. The Hall–Kier alpha value is -5.70. The van der Waals surface area contributed by atoms with E-state index in [1.807, 2.05) is 0 Å². The molecular formula is C36H24Cl2O8. The summed E-state index contributed by atoms with van der Waals surface area (Å²) in [6.45, 7) is 7.82. The van der Waals surface area contributed by atoms with Crippen LogP contribution in [0.25, 0.3) is 58.0 Å². The lowest BCUT2D eigenvalue weighted by Gasteiger charge is -2.18. The van der Waals surface area contributed by atoms with Gasteiger partial charge in [-0.1, -0.05) is 60.6 Å². The molecule has 230 valence electrons. The number of aromatic hydroxyl groups is 8. The first-order valence-electron chi connectivity index (χ1n) is 13.6. The van der Waals surface area contributed by atoms with Crippen molar-refractivity contribution < 1.29 is 40.9 Å². The van der Waals surface area contributed by atoms with E-state index in [0.717, 1.165) is 12.1 Å². The minimum atomic E-state index is -0.617. The van der Waals surface area contributed by atoms with E-state index in [1.54, 1.807) is 48.5 Å². The fourth-order valence-electron chi connectivity index (χ4n) is 5.61. The molecule has 0 saturated heterocycles. The molecule has 6 aromatic rings. The molecule has 0 heterocycles. The van der Waals surface area contributed by atoms with Crippen molar-refractivity contribution in [2.75, 3.05) is 0 Å². The normalized spacial score (nSPS) is 12.4. The summed E-state index contributed by atoms with van der Waals surface area (Å²) in [7, 11) is 0. The average Bonchev–Trinajstić information content (AvgIpc) is 3.02. The van der Waals surface area contributed by atoms with Gasteiger partial charge in [0.1, 0.15) is 23.0 Å². The van der Waals surface area contributed by atoms with E-state index in [4.69, 9.17) is 23.2 Å². The summed E-state index contributed by atoms with van der Waals surface area (Å²) in [4.78, 5) is 0. The van der Waals surface area contributed by atoms with E-state index in [2.05, 4.69) is 13.2 Å². The Kier molecular flexibility index (Phi) is 7.27. The molecule has 0 aliphatic rings. The number of hydrogen-bond acceptors (Lipinski definition) is 8. The molecule has 6 aromatic carbocycles. The number of benzene rings is 6. The zero-order chi connectivity index (χ0) is 33.2. The largest absolute Gasteiger partial charge is 0.507 e. The van der Waals surface area contributed by atoms with Crippen molar-refractivity contribution in [1.82, 2.24) is 0 Å². The van der Waals surface area contributed by atoms with E-state index >= 15 is 0 Å². The highest BCUT2D eigenvalue weighted by Crippen LogP contribution is 2.44. The molecule has 0 spiro atoms. The van der Waals surface area contributed by atoms with Gasteiger partial charge < -0.3 is 40.9 Å². The molecule has 8 N–H and O–H groups in total. The Morgan fingerprint density at radius 2 is 0.783 bits per heavy atom. The van der Waals surface area contributed by atoms with Crippen LogP contribution < -0.4 is 20.9 Å². The molecule has 8 nitrogen and oxygen atoms in total. The standard InChI is InChI=1S/C36H24Cl2O8/c1-15-27(35(45)23-13-25(39)33(43)21(29(23)31(15)41)11-17-3-7-19(37)8-4-17)28-16(2)32(42)30-22(12-18-5-9-20(38)10-6-18)34(44)26(40)14-24(30)36(28)46/h3-14,39-46H,1-2H2/b21-11-,22-12-. The third-order valence-corrected chi connectivity index (χ3v) is 8.38. The highest BCUT2D eigenvalue weighted by molar-refractivity contribution is 6.30. The zero-order valence-corrected chi connectivity index (χ0v) is 25.2. The SMILES string of the molecule is C=c1c(-c2c(O)c3cc(O)c(O)/c(=C\c4ccc(Cl)cc4)c3c(O)c2=C)c(O)c2cc(O)c(O)/c(=C\c3ccc(Cl)cc3)c2c1O. The summed E-state index contributed by atoms with van der Waals surface area (Å²) in [6, 6.07) is 15.1. The molecule has 0 aliphatic carbocycles. The van der Waals surface area contributed by atoms with Crippen molar-refractivity contribution >= 4 is 70.1 Å². The maximum Gasteiger partial charge on any atom is 0.165 e. The van der Waals surface area contributed by atoms with E-state index in [1.165, 1.54) is 12.2 Å². The smallest absolute Gasteiger partial charge is 0.165 e. The third kappa shape index (κ3) is 4.72. The summed E-state index contributed by atoms with van der Waals surface area (Å²) in [5.41, 5.74) is 0.601. The van der Waals surface area contributed by atoms with Crippen molar-refractivity contribution in [3.8, 4) is 57.1 Å². The fraction of sp³-hybridized carbons (Fsp3) is 0. The summed E-state index contributed by atoms with van der Waals surface area (Å²) in [5.74, 6) is -4.56. The molecule has 0 amide bonds. The molecule has 0 bridgehead atoms. The Morgan fingerprint density at radius 1 is 0.457 bits per heavy atom. The molecule has 0 radical (unpaired) electrons. The van der Waals surface area contributed by atoms with Crippen LogP contribution in [-0.4, -0.2) is 40.9 Å². The molecule has 0 saturated carbocycles. The maximum absolute atomic E-state index is 11.6. The maximum atomic E-state index is 11.6. The van der Waals surface area contributed by atoms with Crippen molar-refractivity contribution in [3.63, 3.8) is 0 Å². The van der Waals surface area contributed by atoms with Crippen LogP contribution >= 0.6 is 23.2 Å². The van der Waals surface area contributed by atoms with Gasteiger partial charge in [-0.05, 0) is 59.7 Å². The van der Waals surface area contributed by atoms with Gasteiger partial charge in [-0.25, -0.2) is 0 Å². The van der Waals surface area contributed by atoms with Crippen molar-refractivity contribution in [1.29, 1.82) is 0 Å². The van der Waals surface area contributed by atoms with Gasteiger partial charge in [0.25, 0.3) is 0 Å². The molecule has 0 fully saturated rings. The molecule has 0 unspecified atom stereocenters. The lowest BCUT2D eigenvalue weighted by molar-refractivity contribution is 0.401. The number of phenolic OH excluding ortho intramolecular Hbond substituents is 8. The Morgan fingerprint density at radius 3 is 1.11 bits per heavy atom. The highest BCUT2D eigenvalue weighted by atomic mass is 35.5. The average molecular weight is 655 g/mol. The Balaban J connectivity index is 1.72. The number of phenols is 8. The second-order valence-corrected chi connectivity index (χ2v) is 11.5. The van der Waals surface area contributed by atoms with Gasteiger partial charge in [0, 0.05) is 63.6 Å². The number of hydrogen-bond donors (Lipinski definition) is 8. The molecule has 10 heteroatoms. The van der Waals surface area contributed by atoms with Gasteiger partial charge in [0.05, 0.1) is 0 Å². The van der Waals surface area contributed by atoms with Crippen molar-refractivity contribution in [2.24, 2.45) is 0 Å². The van der Waals surface area contributed by atoms with Gasteiger partial charge in [0.2, 0.25) is 0 Å². The zero-order valence-electron chi connectivity index (χ0n) is 23.7. The first-order valence-corrected chi connectivity index (χ1v) is 14.3. The first kappa shape index (κ1) is 30.3. The second-order valence-electron chi connectivity index (χ2n) is 10.7. The quantitative estimate of drug-likeness (QED) is 0.0967. The van der Waals surface area contributed by atoms with Crippen LogP contribution in [0.5, 0.6) is 46.0 Å². The fourth-order valence-corrected chi connectivity index (χ4v) is 5.86. The number of fused-ring (bicyclic) bond motifs is 2.